The molecule has 1 aliphatic heterocycles. The van der Waals surface area contributed by atoms with E-state index in [4.69, 9.17) is 11.6 Å². The number of nitrogens with zero attached hydrogens (tertiary/aromatic N) is 2. The topological polar surface area (TPSA) is 43.8 Å². The SMILES string of the molecule is CC[C@@H](O)CN1CCN(C(=O)Cc2ccccc2Cl)CC1. The average Bonchev–Trinajstić information content (AvgIpc) is 2.50. The van der Waals surface area contributed by atoms with E-state index in [1.165, 1.54) is 0 Å². The second-order valence-electron chi connectivity index (χ2n) is 5.51. The first-order chi connectivity index (χ1) is 10.1. The molecule has 0 saturated carbocycles. The number of hydrogen-bond donors (Lipinski definition) is 1. The summed E-state index contributed by atoms with van der Waals surface area (Å²) in [5, 5.41) is 10.3. The van der Waals surface area contributed by atoms with Crippen LogP contribution in [0, 0.1) is 0 Å². The molecule has 1 heterocycles. The molecule has 1 fully saturated rings. The summed E-state index contributed by atoms with van der Waals surface area (Å²) >= 11 is 6.10. The van der Waals surface area contributed by atoms with Crippen molar-refractivity contribution in [3.8, 4) is 0 Å². The van der Waals surface area contributed by atoms with E-state index in [0.29, 0.717) is 18.0 Å². The van der Waals surface area contributed by atoms with E-state index in [2.05, 4.69) is 4.90 Å². The van der Waals surface area contributed by atoms with Crippen LogP contribution in [0.2, 0.25) is 5.02 Å². The summed E-state index contributed by atoms with van der Waals surface area (Å²) in [5.74, 6) is 0.124. The summed E-state index contributed by atoms with van der Waals surface area (Å²) in [5.41, 5.74) is 0.882. The lowest BCUT2D eigenvalue weighted by Crippen LogP contribution is -2.50. The molecule has 1 N–H and O–H groups in total. The van der Waals surface area contributed by atoms with Crippen LogP contribution in [0.3, 0.4) is 0 Å². The van der Waals surface area contributed by atoms with E-state index >= 15 is 0 Å². The molecule has 1 aromatic rings. The number of β-amino-alcohol motifs (C(OH)–C–C–N with tert-alkyl or cyclic N) is 1. The van der Waals surface area contributed by atoms with E-state index < -0.39 is 0 Å². The van der Waals surface area contributed by atoms with Crippen molar-refractivity contribution < 1.29 is 9.90 Å². The van der Waals surface area contributed by atoms with Gasteiger partial charge >= 0.3 is 0 Å². The quantitative estimate of drug-likeness (QED) is 0.902. The van der Waals surface area contributed by atoms with Gasteiger partial charge in [-0.2, -0.15) is 0 Å². The summed E-state index contributed by atoms with van der Waals surface area (Å²) in [4.78, 5) is 16.4. The van der Waals surface area contributed by atoms with Gasteiger partial charge < -0.3 is 10.0 Å². The van der Waals surface area contributed by atoms with Crippen LogP contribution in [0.1, 0.15) is 18.9 Å². The van der Waals surface area contributed by atoms with Gasteiger partial charge in [-0.05, 0) is 18.1 Å². The van der Waals surface area contributed by atoms with Crippen molar-refractivity contribution in [2.45, 2.75) is 25.9 Å². The first-order valence-electron chi connectivity index (χ1n) is 7.51. The maximum atomic E-state index is 12.3. The molecule has 1 atom stereocenters. The second kappa shape index (κ2) is 7.78. The van der Waals surface area contributed by atoms with Gasteiger partial charge in [-0.15, -0.1) is 0 Å². The third-order valence-electron chi connectivity index (χ3n) is 3.96. The fourth-order valence-corrected chi connectivity index (χ4v) is 2.73. The van der Waals surface area contributed by atoms with Gasteiger partial charge in [0.2, 0.25) is 5.91 Å². The molecule has 1 amide bonds. The highest BCUT2D eigenvalue weighted by molar-refractivity contribution is 6.31. The standard InChI is InChI=1S/C16H23ClN2O2/c1-2-14(20)12-18-7-9-19(10-8-18)16(21)11-13-5-3-4-6-15(13)17/h3-6,14,20H,2,7-12H2,1H3/t14-/m1/s1. The van der Waals surface area contributed by atoms with Crippen LogP contribution in [0.25, 0.3) is 0 Å². The van der Waals surface area contributed by atoms with E-state index in [9.17, 15) is 9.90 Å². The number of hydrogen-bond acceptors (Lipinski definition) is 3. The van der Waals surface area contributed by atoms with Crippen molar-refractivity contribution in [3.05, 3.63) is 34.9 Å². The number of halogens is 1. The molecule has 4 nitrogen and oxygen atoms in total. The minimum absolute atomic E-state index is 0.124. The van der Waals surface area contributed by atoms with Crippen LogP contribution in [0.5, 0.6) is 0 Å². The lowest BCUT2D eigenvalue weighted by atomic mass is 10.1. The molecule has 0 spiro atoms. The number of piperazine rings is 1. The maximum absolute atomic E-state index is 12.3. The number of aliphatic hydroxyl groups is 1. The molecule has 21 heavy (non-hydrogen) atoms. The van der Waals surface area contributed by atoms with E-state index in [0.717, 1.165) is 38.2 Å². The van der Waals surface area contributed by atoms with Gasteiger partial charge in [0.1, 0.15) is 0 Å². The number of benzene rings is 1. The minimum atomic E-state index is -0.268. The zero-order valence-corrected chi connectivity index (χ0v) is 13.2. The Balaban J connectivity index is 1.82. The van der Waals surface area contributed by atoms with Crippen LogP contribution < -0.4 is 0 Å². The lowest BCUT2D eigenvalue weighted by Gasteiger charge is -2.35. The number of aliphatic hydroxyl groups excluding tert-OH is 1. The van der Waals surface area contributed by atoms with Gasteiger partial charge in [-0.25, -0.2) is 0 Å². The summed E-state index contributed by atoms with van der Waals surface area (Å²) < 4.78 is 0. The van der Waals surface area contributed by atoms with Crippen LogP contribution >= 0.6 is 11.6 Å². The Morgan fingerprint density at radius 3 is 2.57 bits per heavy atom. The van der Waals surface area contributed by atoms with Crippen LogP contribution in [0.15, 0.2) is 24.3 Å². The van der Waals surface area contributed by atoms with Crippen molar-refractivity contribution in [3.63, 3.8) is 0 Å². The van der Waals surface area contributed by atoms with Crippen LogP contribution in [-0.2, 0) is 11.2 Å². The molecule has 0 bridgehead atoms. The summed E-state index contributed by atoms with van der Waals surface area (Å²) in [7, 11) is 0. The molecule has 1 saturated heterocycles. The number of carbonyl (C=O) groups is 1. The van der Waals surface area contributed by atoms with Gasteiger partial charge in [0, 0.05) is 37.7 Å². The van der Waals surface area contributed by atoms with Gasteiger partial charge in [-0.1, -0.05) is 36.7 Å². The first-order valence-corrected chi connectivity index (χ1v) is 7.89. The van der Waals surface area contributed by atoms with Crippen molar-refractivity contribution in [1.82, 2.24) is 9.80 Å². The van der Waals surface area contributed by atoms with Gasteiger partial charge in [0.15, 0.2) is 0 Å². The van der Waals surface area contributed by atoms with Gasteiger partial charge in [0.05, 0.1) is 12.5 Å². The molecular formula is C16H23ClN2O2. The second-order valence-corrected chi connectivity index (χ2v) is 5.92. The molecule has 0 unspecified atom stereocenters. The van der Waals surface area contributed by atoms with E-state index in [1.54, 1.807) is 0 Å². The van der Waals surface area contributed by atoms with E-state index in [1.807, 2.05) is 36.1 Å². The number of amides is 1. The van der Waals surface area contributed by atoms with Crippen molar-refractivity contribution in [2.75, 3.05) is 32.7 Å². The highest BCUT2D eigenvalue weighted by atomic mass is 35.5. The zero-order chi connectivity index (χ0) is 15.2. The minimum Gasteiger partial charge on any atom is -0.392 e. The maximum Gasteiger partial charge on any atom is 0.227 e. The van der Waals surface area contributed by atoms with Crippen molar-refractivity contribution in [1.29, 1.82) is 0 Å². The molecular weight excluding hydrogens is 288 g/mol. The third kappa shape index (κ3) is 4.70. The summed E-state index contributed by atoms with van der Waals surface area (Å²) in [6.45, 7) is 5.77. The van der Waals surface area contributed by atoms with Crippen LogP contribution in [0.4, 0.5) is 0 Å². The fourth-order valence-electron chi connectivity index (χ4n) is 2.52. The van der Waals surface area contributed by atoms with Crippen molar-refractivity contribution in [2.24, 2.45) is 0 Å². The van der Waals surface area contributed by atoms with Gasteiger partial charge in [-0.3, -0.25) is 9.69 Å². The molecule has 116 valence electrons. The highest BCUT2D eigenvalue weighted by Gasteiger charge is 2.22. The monoisotopic (exact) mass is 310 g/mol. The Kier molecular flexibility index (Phi) is 6.03. The first kappa shape index (κ1) is 16.3. The fraction of sp³-hybridized carbons (Fsp3) is 0.562. The predicted octanol–water partition coefficient (Wildman–Crippen LogP) is 1.80. The normalized spacial score (nSPS) is 17.8. The Bertz CT molecular complexity index is 473. The highest BCUT2D eigenvalue weighted by Crippen LogP contribution is 2.16. The predicted molar refractivity (Wildman–Crippen MR) is 84.5 cm³/mol. The number of rotatable bonds is 5. The largest absolute Gasteiger partial charge is 0.392 e. The third-order valence-corrected chi connectivity index (χ3v) is 4.33. The molecule has 0 aliphatic carbocycles. The molecule has 0 radical (unpaired) electrons. The van der Waals surface area contributed by atoms with E-state index in [-0.39, 0.29) is 12.0 Å². The Hall–Kier alpha value is -1.10. The summed E-state index contributed by atoms with van der Waals surface area (Å²) in [6.07, 6.45) is 0.860. The Labute approximate surface area is 131 Å². The summed E-state index contributed by atoms with van der Waals surface area (Å²) in [6, 6.07) is 7.48. The molecule has 1 aromatic carbocycles. The molecule has 2 rings (SSSR count). The van der Waals surface area contributed by atoms with Crippen molar-refractivity contribution >= 4 is 17.5 Å². The Morgan fingerprint density at radius 1 is 1.29 bits per heavy atom. The molecule has 1 aliphatic rings. The van der Waals surface area contributed by atoms with Gasteiger partial charge in [0.25, 0.3) is 0 Å². The molecule has 0 aromatic heterocycles. The Morgan fingerprint density at radius 2 is 1.95 bits per heavy atom. The molecule has 5 heteroatoms. The average molecular weight is 311 g/mol. The smallest absolute Gasteiger partial charge is 0.227 e. The number of carbonyl (C=O) groups excluding carboxylic acids is 1. The zero-order valence-electron chi connectivity index (χ0n) is 12.5. The lowest BCUT2D eigenvalue weighted by molar-refractivity contribution is -0.132. The van der Waals surface area contributed by atoms with Crippen LogP contribution in [-0.4, -0.2) is 59.6 Å².